The van der Waals surface area contributed by atoms with E-state index in [1.807, 2.05) is 34.6 Å². The van der Waals surface area contributed by atoms with Gasteiger partial charge in [-0.2, -0.15) is 0 Å². The number of rotatable bonds is 2. The van der Waals surface area contributed by atoms with Crippen LogP contribution >= 0.6 is 0 Å². The third-order valence-electron chi connectivity index (χ3n) is 6.62. The van der Waals surface area contributed by atoms with Gasteiger partial charge in [-0.25, -0.2) is 9.78 Å². The Kier molecular flexibility index (Phi) is 5.84. The summed E-state index contributed by atoms with van der Waals surface area (Å²) in [7, 11) is 0. The predicted octanol–water partition coefficient (Wildman–Crippen LogP) is 5.43. The number of hydrogen-bond acceptors (Lipinski definition) is 5. The molecule has 1 N–H and O–H groups in total. The van der Waals surface area contributed by atoms with Crippen molar-refractivity contribution in [1.29, 1.82) is 0 Å². The third-order valence-corrected chi connectivity index (χ3v) is 6.62. The molecule has 1 saturated heterocycles. The molecule has 1 amide bonds. The average Bonchev–Trinajstić information content (AvgIpc) is 3.14. The average molecular weight is 463 g/mol. The molecule has 3 aromatic heterocycles. The van der Waals surface area contributed by atoms with Crippen LogP contribution in [0.1, 0.15) is 67.7 Å². The monoisotopic (exact) mass is 462 g/mol. The topological polar surface area (TPSA) is 80.3 Å². The van der Waals surface area contributed by atoms with Gasteiger partial charge in [0.15, 0.2) is 0 Å². The summed E-state index contributed by atoms with van der Waals surface area (Å²) in [6.45, 7) is 12.4. The van der Waals surface area contributed by atoms with Crippen molar-refractivity contribution in [3.63, 3.8) is 0 Å². The van der Waals surface area contributed by atoms with Crippen LogP contribution in [0.4, 0.5) is 4.79 Å². The van der Waals surface area contributed by atoms with E-state index < -0.39 is 5.60 Å². The first-order valence-corrected chi connectivity index (χ1v) is 12.2. The molecule has 0 saturated carbocycles. The number of aryl methyl sites for hydroxylation is 2. The van der Waals surface area contributed by atoms with E-state index in [2.05, 4.69) is 28.2 Å². The van der Waals surface area contributed by atoms with Crippen LogP contribution in [-0.2, 0) is 22.4 Å². The van der Waals surface area contributed by atoms with E-state index in [9.17, 15) is 4.79 Å². The largest absolute Gasteiger partial charge is 0.444 e. The molecule has 1 fully saturated rings. The lowest BCUT2D eigenvalue weighted by molar-refractivity contribution is 0.0221. The molecule has 3 aromatic rings. The summed E-state index contributed by atoms with van der Waals surface area (Å²) in [4.78, 5) is 27.9. The number of nitrogens with one attached hydrogen (secondary N) is 1. The first kappa shape index (κ1) is 22.8. The van der Waals surface area contributed by atoms with E-state index in [1.54, 1.807) is 4.90 Å². The fourth-order valence-corrected chi connectivity index (χ4v) is 5.16. The van der Waals surface area contributed by atoms with Crippen LogP contribution < -0.4 is 0 Å². The normalized spacial score (nSPS) is 17.1. The zero-order valence-corrected chi connectivity index (χ0v) is 20.8. The minimum Gasteiger partial charge on any atom is -0.444 e. The fourth-order valence-electron chi connectivity index (χ4n) is 5.16. The van der Waals surface area contributed by atoms with Gasteiger partial charge < -0.3 is 19.4 Å². The molecule has 7 heteroatoms. The molecule has 5 rings (SSSR count). The lowest BCUT2D eigenvalue weighted by Crippen LogP contribution is -2.40. The second-order valence-electron chi connectivity index (χ2n) is 10.6. The molecule has 0 atom stereocenters. The first-order chi connectivity index (χ1) is 16.2. The van der Waals surface area contributed by atoms with Gasteiger partial charge in [-0.1, -0.05) is 0 Å². The molecule has 5 heterocycles. The Morgan fingerprint density at radius 3 is 2.50 bits per heavy atom. The van der Waals surface area contributed by atoms with E-state index in [-0.39, 0.29) is 6.09 Å². The van der Waals surface area contributed by atoms with Gasteiger partial charge in [0.05, 0.1) is 29.0 Å². The van der Waals surface area contributed by atoms with Crippen LogP contribution in [0.25, 0.3) is 22.3 Å². The molecular weight excluding hydrogens is 428 g/mol. The number of hydrogen-bond donors (Lipinski definition) is 1. The lowest BCUT2D eigenvalue weighted by atomic mass is 9.88. The maximum atomic E-state index is 12.7. The highest BCUT2D eigenvalue weighted by molar-refractivity contribution is 5.89. The van der Waals surface area contributed by atoms with Gasteiger partial charge in [-0.05, 0) is 83.6 Å². The lowest BCUT2D eigenvalue weighted by Gasteiger charge is -2.30. The molecule has 7 nitrogen and oxygen atoms in total. The zero-order chi connectivity index (χ0) is 24.0. The molecule has 2 aliphatic heterocycles. The summed E-state index contributed by atoms with van der Waals surface area (Å²) < 4.78 is 11.3. The molecule has 2 aliphatic rings. The number of aromatic nitrogens is 3. The molecule has 34 heavy (non-hydrogen) atoms. The third kappa shape index (κ3) is 4.53. The maximum Gasteiger partial charge on any atom is 0.410 e. The predicted molar refractivity (Wildman–Crippen MR) is 132 cm³/mol. The van der Waals surface area contributed by atoms with Gasteiger partial charge in [-0.15, -0.1) is 0 Å². The van der Waals surface area contributed by atoms with Gasteiger partial charge in [0.2, 0.25) is 0 Å². The van der Waals surface area contributed by atoms with Gasteiger partial charge >= 0.3 is 6.09 Å². The Bertz CT molecular complexity index is 1210. The SMILES string of the molecule is Cc1cc(-c2[nH]c3cc4c(nc3c2C2CCOCC2)CN(C(=O)OC(C)(C)C)CC4)cc(C)n1. The summed E-state index contributed by atoms with van der Waals surface area (Å²) in [6, 6.07) is 6.52. The number of amides is 1. The number of pyridine rings is 2. The van der Waals surface area contributed by atoms with Crippen molar-refractivity contribution in [3.05, 3.63) is 46.4 Å². The van der Waals surface area contributed by atoms with Crippen molar-refractivity contribution in [2.24, 2.45) is 0 Å². The Morgan fingerprint density at radius 1 is 1.12 bits per heavy atom. The van der Waals surface area contributed by atoms with Crippen LogP contribution in [0.2, 0.25) is 0 Å². The number of ether oxygens (including phenoxy) is 2. The molecule has 0 spiro atoms. The maximum absolute atomic E-state index is 12.7. The second-order valence-corrected chi connectivity index (χ2v) is 10.6. The zero-order valence-electron chi connectivity index (χ0n) is 20.8. The van der Waals surface area contributed by atoms with Gasteiger partial charge in [0.25, 0.3) is 0 Å². The van der Waals surface area contributed by atoms with Crippen molar-refractivity contribution in [3.8, 4) is 11.3 Å². The Morgan fingerprint density at radius 2 is 1.82 bits per heavy atom. The quantitative estimate of drug-likeness (QED) is 0.549. The smallest absolute Gasteiger partial charge is 0.410 e. The number of aromatic amines is 1. The molecule has 0 aromatic carbocycles. The Labute approximate surface area is 200 Å². The van der Waals surface area contributed by atoms with Crippen molar-refractivity contribution in [1.82, 2.24) is 19.9 Å². The summed E-state index contributed by atoms with van der Waals surface area (Å²) in [5.74, 6) is 0.377. The van der Waals surface area contributed by atoms with Gasteiger partial charge in [-0.3, -0.25) is 4.98 Å². The van der Waals surface area contributed by atoms with Gasteiger partial charge in [0, 0.05) is 42.3 Å². The minimum atomic E-state index is -0.513. The van der Waals surface area contributed by atoms with Crippen molar-refractivity contribution >= 4 is 17.1 Å². The van der Waals surface area contributed by atoms with Crippen LogP contribution in [-0.4, -0.2) is 51.3 Å². The molecule has 0 radical (unpaired) electrons. The van der Waals surface area contributed by atoms with Crippen LogP contribution in [0.5, 0.6) is 0 Å². The van der Waals surface area contributed by atoms with Gasteiger partial charge in [0.1, 0.15) is 5.60 Å². The number of H-pyrrole nitrogens is 1. The summed E-state index contributed by atoms with van der Waals surface area (Å²) in [6.07, 6.45) is 2.45. The highest BCUT2D eigenvalue weighted by Crippen LogP contribution is 2.40. The number of carbonyl (C=O) groups excluding carboxylic acids is 1. The van der Waals surface area contributed by atoms with Crippen molar-refractivity contribution < 1.29 is 14.3 Å². The first-order valence-electron chi connectivity index (χ1n) is 12.2. The fraction of sp³-hybridized carbons (Fsp3) is 0.519. The van der Waals surface area contributed by atoms with Crippen LogP contribution in [0.15, 0.2) is 18.2 Å². The molecular formula is C27H34N4O3. The second kappa shape index (κ2) is 8.69. The summed E-state index contributed by atoms with van der Waals surface area (Å²) in [5, 5.41) is 0. The molecule has 180 valence electrons. The van der Waals surface area contributed by atoms with E-state index in [4.69, 9.17) is 14.5 Å². The Hall–Kier alpha value is -2.93. The standard InChI is InChI=1S/C27H34N4O3/c1-16-12-20(13-17(2)28-16)24-23(18-7-10-33-11-8-18)25-21(29-24)14-19-6-9-31(15-22(19)30-25)26(32)34-27(3,4)5/h12-14,18,29H,6-11,15H2,1-5H3. The van der Waals surface area contributed by atoms with E-state index in [0.717, 1.165) is 71.8 Å². The van der Waals surface area contributed by atoms with Crippen molar-refractivity contribution in [2.75, 3.05) is 19.8 Å². The number of nitrogens with zero attached hydrogens (tertiary/aromatic N) is 3. The van der Waals surface area contributed by atoms with E-state index in [1.165, 1.54) is 11.1 Å². The highest BCUT2D eigenvalue weighted by atomic mass is 16.6. The minimum absolute atomic E-state index is 0.276. The molecule has 0 aliphatic carbocycles. The highest BCUT2D eigenvalue weighted by Gasteiger charge is 2.30. The van der Waals surface area contributed by atoms with E-state index >= 15 is 0 Å². The number of fused-ring (bicyclic) bond motifs is 2. The van der Waals surface area contributed by atoms with Crippen molar-refractivity contribution in [2.45, 2.75) is 71.9 Å². The van der Waals surface area contributed by atoms with Crippen LogP contribution in [0.3, 0.4) is 0 Å². The molecule has 0 bridgehead atoms. The van der Waals surface area contributed by atoms with Crippen LogP contribution in [0, 0.1) is 13.8 Å². The summed E-state index contributed by atoms with van der Waals surface area (Å²) in [5.41, 5.74) is 9.28. The summed E-state index contributed by atoms with van der Waals surface area (Å²) >= 11 is 0. The molecule has 0 unspecified atom stereocenters. The number of carbonyl (C=O) groups is 1. The van der Waals surface area contributed by atoms with E-state index in [0.29, 0.717) is 19.0 Å². The Balaban J connectivity index is 1.59.